The fraction of sp³-hybridized carbons (Fsp3) is 0.333. The number of benzene rings is 1. The SMILES string of the molecule is Cc1cc(OCCCC(=O)Nc2ncc(C(F)(F)F)s2)ccc1Cl. The van der Waals surface area contributed by atoms with Crippen LogP contribution in [-0.4, -0.2) is 17.5 Å². The molecule has 0 saturated carbocycles. The highest BCUT2D eigenvalue weighted by molar-refractivity contribution is 7.15. The molecule has 1 N–H and O–H groups in total. The number of carbonyl (C=O) groups excluding carboxylic acids is 1. The van der Waals surface area contributed by atoms with E-state index in [4.69, 9.17) is 16.3 Å². The minimum atomic E-state index is -4.45. The Hall–Kier alpha value is -1.80. The van der Waals surface area contributed by atoms with E-state index in [2.05, 4.69) is 10.3 Å². The van der Waals surface area contributed by atoms with Crippen molar-refractivity contribution in [3.8, 4) is 5.75 Å². The summed E-state index contributed by atoms with van der Waals surface area (Å²) in [6, 6.07) is 5.24. The van der Waals surface area contributed by atoms with Gasteiger partial charge < -0.3 is 10.1 Å². The molecule has 1 aromatic carbocycles. The van der Waals surface area contributed by atoms with Crippen LogP contribution in [-0.2, 0) is 11.0 Å². The van der Waals surface area contributed by atoms with E-state index in [-0.39, 0.29) is 11.6 Å². The van der Waals surface area contributed by atoms with Gasteiger partial charge in [0.25, 0.3) is 0 Å². The van der Waals surface area contributed by atoms with Crippen molar-refractivity contribution in [1.82, 2.24) is 4.98 Å². The molecule has 1 heterocycles. The normalized spacial score (nSPS) is 11.4. The summed E-state index contributed by atoms with van der Waals surface area (Å²) >= 11 is 6.30. The topological polar surface area (TPSA) is 51.2 Å². The van der Waals surface area contributed by atoms with Gasteiger partial charge in [-0.3, -0.25) is 4.79 Å². The largest absolute Gasteiger partial charge is 0.494 e. The maximum absolute atomic E-state index is 12.4. The summed E-state index contributed by atoms with van der Waals surface area (Å²) in [6.07, 6.45) is -3.21. The van der Waals surface area contributed by atoms with Gasteiger partial charge in [-0.25, -0.2) is 4.98 Å². The monoisotopic (exact) mass is 378 g/mol. The molecule has 130 valence electrons. The lowest BCUT2D eigenvalue weighted by atomic mass is 10.2. The van der Waals surface area contributed by atoms with Crippen LogP contribution in [0, 0.1) is 6.92 Å². The highest BCUT2D eigenvalue weighted by Gasteiger charge is 2.33. The van der Waals surface area contributed by atoms with Crippen LogP contribution >= 0.6 is 22.9 Å². The minimum absolute atomic E-state index is 0.0680. The lowest BCUT2D eigenvalue weighted by Gasteiger charge is -2.07. The maximum atomic E-state index is 12.4. The predicted molar refractivity (Wildman–Crippen MR) is 86.7 cm³/mol. The van der Waals surface area contributed by atoms with Crippen LogP contribution in [0.2, 0.25) is 5.02 Å². The molecule has 0 saturated heterocycles. The van der Waals surface area contributed by atoms with Gasteiger partial charge in [0.1, 0.15) is 10.6 Å². The van der Waals surface area contributed by atoms with Crippen LogP contribution in [0.4, 0.5) is 18.3 Å². The van der Waals surface area contributed by atoms with Crippen molar-refractivity contribution in [1.29, 1.82) is 0 Å². The molecule has 0 bridgehead atoms. The summed E-state index contributed by atoms with van der Waals surface area (Å²) in [5, 5.41) is 2.92. The van der Waals surface area contributed by atoms with Crippen LogP contribution in [0.5, 0.6) is 5.75 Å². The fourth-order valence-electron chi connectivity index (χ4n) is 1.77. The molecular weight excluding hydrogens is 365 g/mol. The van der Waals surface area contributed by atoms with E-state index >= 15 is 0 Å². The number of nitrogens with zero attached hydrogens (tertiary/aromatic N) is 1. The number of aryl methyl sites for hydroxylation is 1. The van der Waals surface area contributed by atoms with Gasteiger partial charge in [0.15, 0.2) is 5.13 Å². The summed E-state index contributed by atoms with van der Waals surface area (Å²) in [5.74, 6) is 0.237. The number of rotatable bonds is 6. The van der Waals surface area contributed by atoms with E-state index < -0.39 is 17.0 Å². The van der Waals surface area contributed by atoms with Crippen LogP contribution in [0.1, 0.15) is 23.3 Å². The smallest absolute Gasteiger partial charge is 0.427 e. The lowest BCUT2D eigenvalue weighted by molar-refractivity contribution is -0.134. The second-order valence-electron chi connectivity index (χ2n) is 4.94. The molecule has 24 heavy (non-hydrogen) atoms. The van der Waals surface area contributed by atoms with Gasteiger partial charge in [-0.15, -0.1) is 0 Å². The Balaban J connectivity index is 1.73. The summed E-state index contributed by atoms with van der Waals surface area (Å²) in [7, 11) is 0. The molecule has 2 rings (SSSR count). The highest BCUT2D eigenvalue weighted by Crippen LogP contribution is 2.35. The summed E-state index contributed by atoms with van der Waals surface area (Å²) in [5.41, 5.74) is 0.885. The minimum Gasteiger partial charge on any atom is -0.494 e. The third-order valence-electron chi connectivity index (χ3n) is 2.98. The molecule has 1 aromatic heterocycles. The molecule has 4 nitrogen and oxygen atoms in total. The number of aromatic nitrogens is 1. The number of amides is 1. The zero-order valence-electron chi connectivity index (χ0n) is 12.6. The average Bonchev–Trinajstić information content (AvgIpc) is 2.96. The van der Waals surface area contributed by atoms with E-state index in [1.807, 2.05) is 6.92 Å². The Bertz CT molecular complexity index is 719. The van der Waals surface area contributed by atoms with E-state index in [0.717, 1.165) is 5.56 Å². The molecule has 0 fully saturated rings. The summed E-state index contributed by atoms with van der Waals surface area (Å²) in [6.45, 7) is 2.16. The van der Waals surface area contributed by atoms with Gasteiger partial charge in [-0.2, -0.15) is 13.2 Å². The molecule has 0 unspecified atom stereocenters. The number of anilines is 1. The molecule has 2 aromatic rings. The fourth-order valence-corrected chi connectivity index (χ4v) is 2.59. The third kappa shape index (κ3) is 5.38. The Morgan fingerprint density at radius 1 is 1.42 bits per heavy atom. The van der Waals surface area contributed by atoms with Crippen molar-refractivity contribution in [2.45, 2.75) is 25.9 Å². The first-order valence-electron chi connectivity index (χ1n) is 6.97. The quantitative estimate of drug-likeness (QED) is 0.726. The van der Waals surface area contributed by atoms with Crippen LogP contribution < -0.4 is 10.1 Å². The first-order valence-corrected chi connectivity index (χ1v) is 8.17. The number of halogens is 4. The van der Waals surface area contributed by atoms with Crippen molar-refractivity contribution in [2.75, 3.05) is 11.9 Å². The zero-order chi connectivity index (χ0) is 17.7. The Labute approximate surface area is 145 Å². The second-order valence-corrected chi connectivity index (χ2v) is 6.38. The molecule has 1 amide bonds. The third-order valence-corrected chi connectivity index (χ3v) is 4.36. The van der Waals surface area contributed by atoms with Gasteiger partial charge in [0, 0.05) is 11.4 Å². The standard InChI is InChI=1S/C15H14ClF3N2O2S/c1-9-7-10(4-5-11(9)16)23-6-2-3-13(22)21-14-20-8-12(24-14)15(17,18)19/h4-5,7-8H,2-3,6H2,1H3,(H,20,21,22). The first kappa shape index (κ1) is 18.5. The van der Waals surface area contributed by atoms with Crippen LogP contribution in [0.15, 0.2) is 24.4 Å². The van der Waals surface area contributed by atoms with Crippen molar-refractivity contribution in [3.05, 3.63) is 39.9 Å². The molecule has 0 aliphatic carbocycles. The van der Waals surface area contributed by atoms with Crippen molar-refractivity contribution < 1.29 is 22.7 Å². The molecule has 0 atom stereocenters. The van der Waals surface area contributed by atoms with Gasteiger partial charge in [-0.1, -0.05) is 22.9 Å². The number of carbonyl (C=O) groups is 1. The van der Waals surface area contributed by atoms with Gasteiger partial charge >= 0.3 is 6.18 Å². The molecule has 0 aliphatic heterocycles. The molecule has 0 radical (unpaired) electrons. The second kappa shape index (κ2) is 7.85. The van der Waals surface area contributed by atoms with Crippen molar-refractivity contribution >= 4 is 34.0 Å². The first-order chi connectivity index (χ1) is 11.3. The molecular formula is C15H14ClF3N2O2S. The number of hydrogen-bond acceptors (Lipinski definition) is 4. The Morgan fingerprint density at radius 3 is 2.79 bits per heavy atom. The van der Waals surface area contributed by atoms with Gasteiger partial charge in [0.05, 0.1) is 12.8 Å². The lowest BCUT2D eigenvalue weighted by Crippen LogP contribution is -2.12. The summed E-state index contributed by atoms with van der Waals surface area (Å²) in [4.78, 5) is 14.4. The van der Waals surface area contributed by atoms with E-state index in [1.165, 1.54) is 0 Å². The molecule has 0 aliphatic rings. The highest BCUT2D eigenvalue weighted by atomic mass is 35.5. The Kier molecular flexibility index (Phi) is 6.06. The van der Waals surface area contributed by atoms with Crippen molar-refractivity contribution in [2.24, 2.45) is 0 Å². The molecule has 0 spiro atoms. The number of alkyl halides is 3. The number of thiazole rings is 1. The van der Waals surface area contributed by atoms with Crippen LogP contribution in [0.3, 0.4) is 0 Å². The summed E-state index contributed by atoms with van der Waals surface area (Å²) < 4.78 is 42.8. The number of ether oxygens (including phenoxy) is 1. The van der Waals surface area contributed by atoms with E-state index in [9.17, 15) is 18.0 Å². The van der Waals surface area contributed by atoms with Gasteiger partial charge in [0.2, 0.25) is 5.91 Å². The van der Waals surface area contributed by atoms with Crippen LogP contribution in [0.25, 0.3) is 0 Å². The Morgan fingerprint density at radius 2 is 2.17 bits per heavy atom. The zero-order valence-corrected chi connectivity index (χ0v) is 14.2. The average molecular weight is 379 g/mol. The van der Waals surface area contributed by atoms with Gasteiger partial charge in [-0.05, 0) is 37.1 Å². The van der Waals surface area contributed by atoms with E-state index in [1.54, 1.807) is 18.2 Å². The number of nitrogens with one attached hydrogen (secondary N) is 1. The predicted octanol–water partition coefficient (Wildman–Crippen LogP) is 4.92. The van der Waals surface area contributed by atoms with E-state index in [0.29, 0.717) is 41.3 Å². The maximum Gasteiger partial charge on any atom is 0.427 e. The molecule has 9 heteroatoms. The van der Waals surface area contributed by atoms with Crippen molar-refractivity contribution in [3.63, 3.8) is 0 Å². The number of hydrogen-bond donors (Lipinski definition) is 1.